The van der Waals surface area contributed by atoms with Gasteiger partial charge in [-0.2, -0.15) is 0 Å². The molecule has 3 N–H and O–H groups in total. The fourth-order valence-corrected chi connectivity index (χ4v) is 2.83. The first kappa shape index (κ1) is 15.6. The Hall–Kier alpha value is -1.75. The van der Waals surface area contributed by atoms with Crippen molar-refractivity contribution in [3.63, 3.8) is 0 Å². The molecule has 1 aliphatic heterocycles. The summed E-state index contributed by atoms with van der Waals surface area (Å²) in [6, 6.07) is 5.86. The van der Waals surface area contributed by atoms with Crippen LogP contribution in [0.1, 0.15) is 43.2 Å². The third-order valence-electron chi connectivity index (χ3n) is 4.00. The first-order valence-corrected chi connectivity index (χ1v) is 7.61. The van der Waals surface area contributed by atoms with Crippen LogP contribution in [0.25, 0.3) is 0 Å². The number of hydrogen-bond donors (Lipinski definition) is 2. The number of nitrogens with zero attached hydrogens (tertiary/aromatic N) is 2. The first-order chi connectivity index (χ1) is 10.2. The minimum atomic E-state index is 0.0738. The Morgan fingerprint density at radius 2 is 1.90 bits per heavy atom. The molecule has 0 radical (unpaired) electrons. The summed E-state index contributed by atoms with van der Waals surface area (Å²) in [6.07, 6.45) is 6.60. The number of hydrogen-bond acceptors (Lipinski definition) is 4. The molecule has 0 unspecified atom stereocenters. The SMILES string of the molecule is COc1cc(CN2CCCCCCC2)ccc1/C(N)=N/O. The maximum atomic E-state index is 8.80. The molecule has 0 bridgehead atoms. The Morgan fingerprint density at radius 3 is 2.52 bits per heavy atom. The molecular weight excluding hydrogens is 266 g/mol. The van der Waals surface area contributed by atoms with Crippen molar-refractivity contribution in [1.29, 1.82) is 0 Å². The molecule has 0 aromatic heterocycles. The van der Waals surface area contributed by atoms with Gasteiger partial charge in [0, 0.05) is 6.54 Å². The quantitative estimate of drug-likeness (QED) is 0.387. The number of likely N-dealkylation sites (tertiary alicyclic amines) is 1. The average Bonchev–Trinajstić information content (AvgIpc) is 2.49. The molecule has 1 saturated heterocycles. The fourth-order valence-electron chi connectivity index (χ4n) is 2.83. The summed E-state index contributed by atoms with van der Waals surface area (Å²) in [4.78, 5) is 2.50. The fraction of sp³-hybridized carbons (Fsp3) is 0.562. The summed E-state index contributed by atoms with van der Waals surface area (Å²) in [7, 11) is 1.60. The van der Waals surface area contributed by atoms with Crippen molar-refractivity contribution in [1.82, 2.24) is 4.90 Å². The maximum absolute atomic E-state index is 8.80. The van der Waals surface area contributed by atoms with Gasteiger partial charge in [0.25, 0.3) is 0 Å². The summed E-state index contributed by atoms with van der Waals surface area (Å²) >= 11 is 0. The molecule has 0 spiro atoms. The molecule has 0 saturated carbocycles. The van der Waals surface area contributed by atoms with E-state index < -0.39 is 0 Å². The van der Waals surface area contributed by atoms with Gasteiger partial charge in [-0.05, 0) is 43.6 Å². The van der Waals surface area contributed by atoms with Gasteiger partial charge < -0.3 is 15.7 Å². The van der Waals surface area contributed by atoms with E-state index in [0.29, 0.717) is 11.3 Å². The molecule has 1 fully saturated rings. The van der Waals surface area contributed by atoms with Gasteiger partial charge in [0.15, 0.2) is 5.84 Å². The van der Waals surface area contributed by atoms with Crippen LogP contribution in [0.3, 0.4) is 0 Å². The lowest BCUT2D eigenvalue weighted by Crippen LogP contribution is -2.27. The molecule has 0 aliphatic carbocycles. The van der Waals surface area contributed by atoms with Crippen LogP contribution >= 0.6 is 0 Å². The zero-order chi connectivity index (χ0) is 15.1. The zero-order valence-corrected chi connectivity index (χ0v) is 12.7. The lowest BCUT2D eigenvalue weighted by Gasteiger charge is -2.24. The summed E-state index contributed by atoms with van der Waals surface area (Å²) < 4.78 is 5.35. The topological polar surface area (TPSA) is 71.1 Å². The number of methoxy groups -OCH3 is 1. The number of rotatable bonds is 4. The minimum Gasteiger partial charge on any atom is -0.496 e. The van der Waals surface area contributed by atoms with Gasteiger partial charge in [-0.1, -0.05) is 30.5 Å². The van der Waals surface area contributed by atoms with Gasteiger partial charge in [-0.25, -0.2) is 0 Å². The Bertz CT molecular complexity index is 480. The van der Waals surface area contributed by atoms with Crippen LogP contribution < -0.4 is 10.5 Å². The molecule has 1 aromatic rings. The maximum Gasteiger partial charge on any atom is 0.173 e. The van der Waals surface area contributed by atoms with Gasteiger partial charge in [-0.15, -0.1) is 0 Å². The predicted octanol–water partition coefficient (Wildman–Crippen LogP) is 2.56. The van der Waals surface area contributed by atoms with E-state index in [1.807, 2.05) is 18.2 Å². The summed E-state index contributed by atoms with van der Waals surface area (Å²) in [5.74, 6) is 0.722. The minimum absolute atomic E-state index is 0.0738. The molecule has 5 heteroatoms. The molecule has 0 amide bonds. The van der Waals surface area contributed by atoms with Crippen molar-refractivity contribution >= 4 is 5.84 Å². The summed E-state index contributed by atoms with van der Waals surface area (Å²) in [5, 5.41) is 11.8. The van der Waals surface area contributed by atoms with Gasteiger partial charge in [0.2, 0.25) is 0 Å². The predicted molar refractivity (Wildman–Crippen MR) is 83.9 cm³/mol. The van der Waals surface area contributed by atoms with E-state index in [1.165, 1.54) is 37.7 Å². The van der Waals surface area contributed by atoms with E-state index in [4.69, 9.17) is 15.7 Å². The van der Waals surface area contributed by atoms with E-state index in [2.05, 4.69) is 10.1 Å². The van der Waals surface area contributed by atoms with Crippen molar-refractivity contribution in [3.05, 3.63) is 29.3 Å². The third kappa shape index (κ3) is 4.36. The molecule has 1 aromatic carbocycles. The highest BCUT2D eigenvalue weighted by Gasteiger charge is 2.12. The van der Waals surface area contributed by atoms with E-state index in [-0.39, 0.29) is 5.84 Å². The number of benzene rings is 1. The van der Waals surface area contributed by atoms with Crippen molar-refractivity contribution < 1.29 is 9.94 Å². The molecule has 0 atom stereocenters. The molecule has 2 rings (SSSR count). The van der Waals surface area contributed by atoms with Crippen LogP contribution in [0.5, 0.6) is 5.75 Å². The van der Waals surface area contributed by atoms with Crippen LogP contribution in [0.2, 0.25) is 0 Å². The average molecular weight is 291 g/mol. The number of oxime groups is 1. The number of amidine groups is 1. The van der Waals surface area contributed by atoms with Crippen LogP contribution in [-0.2, 0) is 6.54 Å². The van der Waals surface area contributed by atoms with Crippen molar-refractivity contribution in [2.75, 3.05) is 20.2 Å². The van der Waals surface area contributed by atoms with Gasteiger partial charge >= 0.3 is 0 Å². The Morgan fingerprint density at radius 1 is 1.24 bits per heavy atom. The van der Waals surface area contributed by atoms with E-state index in [1.54, 1.807) is 7.11 Å². The van der Waals surface area contributed by atoms with Crippen LogP contribution in [0.4, 0.5) is 0 Å². The number of nitrogens with two attached hydrogens (primary N) is 1. The Labute approximate surface area is 126 Å². The second-order valence-corrected chi connectivity index (χ2v) is 5.56. The van der Waals surface area contributed by atoms with E-state index in [9.17, 15) is 0 Å². The van der Waals surface area contributed by atoms with E-state index >= 15 is 0 Å². The molecule has 1 aliphatic rings. The summed E-state index contributed by atoms with van der Waals surface area (Å²) in [6.45, 7) is 3.24. The standard InChI is InChI=1S/C16H25N3O2/c1-21-15-11-13(7-8-14(15)16(17)18-20)12-19-9-5-3-2-4-6-10-19/h7-8,11,20H,2-6,9-10,12H2,1H3,(H2,17,18). The first-order valence-electron chi connectivity index (χ1n) is 7.61. The summed E-state index contributed by atoms with van der Waals surface area (Å²) in [5.41, 5.74) is 7.47. The molecule has 1 heterocycles. The molecule has 21 heavy (non-hydrogen) atoms. The normalized spacial score (nSPS) is 18.0. The molecular formula is C16H25N3O2. The smallest absolute Gasteiger partial charge is 0.173 e. The lowest BCUT2D eigenvalue weighted by molar-refractivity contribution is 0.239. The van der Waals surface area contributed by atoms with Gasteiger partial charge in [0.05, 0.1) is 12.7 Å². The van der Waals surface area contributed by atoms with E-state index in [0.717, 1.165) is 19.6 Å². The zero-order valence-electron chi connectivity index (χ0n) is 12.7. The second-order valence-electron chi connectivity index (χ2n) is 5.56. The number of ether oxygens (including phenoxy) is 1. The largest absolute Gasteiger partial charge is 0.496 e. The second kappa shape index (κ2) is 7.88. The highest BCUT2D eigenvalue weighted by molar-refractivity contribution is 5.99. The molecule has 116 valence electrons. The van der Waals surface area contributed by atoms with Crippen LogP contribution in [-0.4, -0.2) is 36.1 Å². The Balaban J connectivity index is 2.09. The lowest BCUT2D eigenvalue weighted by atomic mass is 10.1. The molecule has 5 nitrogen and oxygen atoms in total. The van der Waals surface area contributed by atoms with Gasteiger partial charge in [-0.3, -0.25) is 4.90 Å². The van der Waals surface area contributed by atoms with Gasteiger partial charge in [0.1, 0.15) is 5.75 Å². The van der Waals surface area contributed by atoms with Crippen molar-refractivity contribution in [2.45, 2.75) is 38.6 Å². The van der Waals surface area contributed by atoms with Crippen LogP contribution in [0.15, 0.2) is 23.4 Å². The van der Waals surface area contributed by atoms with Crippen molar-refractivity contribution in [3.8, 4) is 5.75 Å². The van der Waals surface area contributed by atoms with Crippen LogP contribution in [0, 0.1) is 0 Å². The Kier molecular flexibility index (Phi) is 5.87. The van der Waals surface area contributed by atoms with Crippen molar-refractivity contribution in [2.24, 2.45) is 10.9 Å². The highest BCUT2D eigenvalue weighted by Crippen LogP contribution is 2.22. The highest BCUT2D eigenvalue weighted by atomic mass is 16.5. The third-order valence-corrected chi connectivity index (χ3v) is 4.00. The monoisotopic (exact) mass is 291 g/mol.